The van der Waals surface area contributed by atoms with Crippen molar-refractivity contribution in [3.05, 3.63) is 47.0 Å². The predicted molar refractivity (Wildman–Crippen MR) is 114 cm³/mol. The van der Waals surface area contributed by atoms with Crippen LogP contribution in [0.2, 0.25) is 0 Å². The highest BCUT2D eigenvalue weighted by Gasteiger charge is 2.25. The Hall–Kier alpha value is -3.40. The van der Waals surface area contributed by atoms with Gasteiger partial charge in [0.15, 0.2) is 5.17 Å². The number of benzene rings is 1. The average Bonchev–Trinajstić information content (AvgIpc) is 3.24. The van der Waals surface area contributed by atoms with Crippen LogP contribution in [0.3, 0.4) is 0 Å². The van der Waals surface area contributed by atoms with Crippen LogP contribution in [0.25, 0.3) is 10.9 Å². The highest BCUT2D eigenvalue weighted by molar-refractivity contribution is 8.18. The summed E-state index contributed by atoms with van der Waals surface area (Å²) >= 11 is 0.985. The van der Waals surface area contributed by atoms with Gasteiger partial charge in [-0.1, -0.05) is 12.1 Å². The van der Waals surface area contributed by atoms with Crippen molar-refractivity contribution >= 4 is 52.0 Å². The number of methoxy groups -OCH3 is 1. The van der Waals surface area contributed by atoms with Crippen molar-refractivity contribution in [1.29, 1.82) is 0 Å². The molecule has 10 heteroatoms. The van der Waals surface area contributed by atoms with E-state index in [1.165, 1.54) is 17.9 Å². The monoisotopic (exact) mass is 428 g/mol. The lowest BCUT2D eigenvalue weighted by Crippen LogP contribution is -2.26. The third-order valence-electron chi connectivity index (χ3n) is 3.80. The molecule has 1 amide bonds. The van der Waals surface area contributed by atoms with Crippen molar-refractivity contribution in [3.8, 4) is 0 Å². The lowest BCUT2D eigenvalue weighted by Gasteiger charge is -2.19. The van der Waals surface area contributed by atoms with E-state index < -0.39 is 23.6 Å². The minimum absolute atomic E-state index is 0.173. The summed E-state index contributed by atoms with van der Waals surface area (Å²) in [6, 6.07) is 7.21. The van der Waals surface area contributed by atoms with Crippen LogP contribution in [0.1, 0.15) is 26.3 Å². The highest BCUT2D eigenvalue weighted by Crippen LogP contribution is 2.24. The van der Waals surface area contributed by atoms with Crippen molar-refractivity contribution in [2.24, 2.45) is 10.2 Å². The van der Waals surface area contributed by atoms with Gasteiger partial charge in [0, 0.05) is 23.2 Å². The first-order valence-electron chi connectivity index (χ1n) is 8.91. The van der Waals surface area contributed by atoms with Crippen LogP contribution < -0.4 is 5.32 Å². The molecule has 0 bridgehead atoms. The topological polar surface area (TPSA) is 111 Å². The van der Waals surface area contributed by atoms with Crippen LogP contribution in [-0.4, -0.2) is 46.6 Å². The number of nitrogens with one attached hydrogen (secondary N) is 1. The third kappa shape index (κ3) is 4.95. The molecule has 0 saturated carbocycles. The molecular formula is C20H20N4O5S. The van der Waals surface area contributed by atoms with E-state index in [1.807, 2.05) is 6.07 Å². The summed E-state index contributed by atoms with van der Waals surface area (Å²) < 4.78 is 11.4. The molecule has 1 aromatic heterocycles. The van der Waals surface area contributed by atoms with E-state index in [9.17, 15) is 14.4 Å². The molecule has 1 fully saturated rings. The molecule has 0 radical (unpaired) electrons. The number of hydrogen-bond donors (Lipinski definition) is 1. The Labute approximate surface area is 176 Å². The minimum atomic E-state index is -0.626. The zero-order valence-electron chi connectivity index (χ0n) is 16.8. The lowest BCUT2D eigenvalue weighted by molar-refractivity contribution is -0.135. The van der Waals surface area contributed by atoms with Crippen LogP contribution in [0.4, 0.5) is 4.79 Å². The molecule has 0 aliphatic carbocycles. The fourth-order valence-corrected chi connectivity index (χ4v) is 3.30. The first-order valence-corrected chi connectivity index (χ1v) is 9.73. The molecule has 0 atom stereocenters. The molecule has 2 heterocycles. The summed E-state index contributed by atoms with van der Waals surface area (Å²) in [6.45, 7) is 5.42. The van der Waals surface area contributed by atoms with Gasteiger partial charge in [0.2, 0.25) is 0 Å². The van der Waals surface area contributed by atoms with Gasteiger partial charge in [-0.3, -0.25) is 14.7 Å². The summed E-state index contributed by atoms with van der Waals surface area (Å²) in [5.74, 6) is -1.07. The SMILES string of the molecule is COC(=O)/C=C1/S/C(=N\N=Cc2cccc3c2ccn3C(=O)OC(C)(C)C)NC1=O. The van der Waals surface area contributed by atoms with Crippen molar-refractivity contribution in [2.45, 2.75) is 26.4 Å². The second-order valence-corrected chi connectivity index (χ2v) is 8.21. The fraction of sp³-hybridized carbons (Fsp3) is 0.250. The van der Waals surface area contributed by atoms with Crippen LogP contribution in [-0.2, 0) is 19.1 Å². The molecule has 30 heavy (non-hydrogen) atoms. The van der Waals surface area contributed by atoms with Crippen molar-refractivity contribution < 1.29 is 23.9 Å². The summed E-state index contributed by atoms with van der Waals surface area (Å²) in [4.78, 5) is 35.7. The normalized spacial score (nSPS) is 17.1. The number of rotatable bonds is 3. The molecular weight excluding hydrogens is 408 g/mol. The van der Waals surface area contributed by atoms with Gasteiger partial charge in [-0.25, -0.2) is 9.59 Å². The van der Waals surface area contributed by atoms with Gasteiger partial charge in [0.05, 0.1) is 23.7 Å². The Morgan fingerprint density at radius 2 is 2.00 bits per heavy atom. The fourth-order valence-electron chi connectivity index (χ4n) is 2.56. The average molecular weight is 428 g/mol. The molecule has 9 nitrogen and oxygen atoms in total. The lowest BCUT2D eigenvalue weighted by atomic mass is 10.1. The van der Waals surface area contributed by atoms with E-state index >= 15 is 0 Å². The molecule has 156 valence electrons. The number of nitrogens with zero attached hydrogens (tertiary/aromatic N) is 3. The molecule has 1 aliphatic rings. The van der Waals surface area contributed by atoms with E-state index in [0.717, 1.165) is 28.8 Å². The van der Waals surface area contributed by atoms with Crippen LogP contribution in [0.15, 0.2) is 51.6 Å². The minimum Gasteiger partial charge on any atom is -0.466 e. The van der Waals surface area contributed by atoms with Gasteiger partial charge >= 0.3 is 12.1 Å². The van der Waals surface area contributed by atoms with Crippen LogP contribution in [0.5, 0.6) is 0 Å². The first-order chi connectivity index (χ1) is 14.2. The molecule has 0 spiro atoms. The quantitative estimate of drug-likeness (QED) is 0.348. The zero-order chi connectivity index (χ0) is 21.9. The molecule has 1 saturated heterocycles. The maximum Gasteiger partial charge on any atom is 0.418 e. The summed E-state index contributed by atoms with van der Waals surface area (Å²) in [5, 5.41) is 11.5. The van der Waals surface area contributed by atoms with E-state index in [4.69, 9.17) is 4.74 Å². The number of aromatic nitrogens is 1. The number of amides is 1. The largest absolute Gasteiger partial charge is 0.466 e. The zero-order valence-corrected chi connectivity index (χ0v) is 17.6. The van der Waals surface area contributed by atoms with Crippen molar-refractivity contribution in [1.82, 2.24) is 9.88 Å². The number of ether oxygens (including phenoxy) is 2. The van der Waals surface area contributed by atoms with Gasteiger partial charge < -0.3 is 9.47 Å². The molecule has 1 aliphatic heterocycles. The maximum absolute atomic E-state index is 12.4. The Morgan fingerprint density at radius 1 is 1.23 bits per heavy atom. The Bertz CT molecular complexity index is 1110. The number of hydrogen-bond acceptors (Lipinski definition) is 8. The van der Waals surface area contributed by atoms with Crippen molar-refractivity contribution in [2.75, 3.05) is 7.11 Å². The molecule has 0 unspecified atom stereocenters. The molecule has 3 rings (SSSR count). The Morgan fingerprint density at radius 3 is 2.70 bits per heavy atom. The molecule has 1 N–H and O–H groups in total. The highest BCUT2D eigenvalue weighted by atomic mass is 32.2. The second kappa shape index (κ2) is 8.54. The first kappa shape index (κ1) is 21.3. The standard InChI is InChI=1S/C20H20N4O5S/c1-20(2,3)29-19(27)24-9-8-13-12(6-5-7-14(13)24)11-21-23-18-22-17(26)15(30-18)10-16(25)28-4/h5-11H,1-4H3,(H,22,23,26)/b15-10+,21-11?. The smallest absolute Gasteiger partial charge is 0.418 e. The molecule has 1 aromatic carbocycles. The molecule has 2 aromatic rings. The van der Waals surface area contributed by atoms with Gasteiger partial charge in [0.1, 0.15) is 5.60 Å². The Kier molecular flexibility index (Phi) is 6.06. The van der Waals surface area contributed by atoms with E-state index in [2.05, 4.69) is 20.3 Å². The van der Waals surface area contributed by atoms with Crippen LogP contribution in [0, 0.1) is 0 Å². The number of amidine groups is 1. The van der Waals surface area contributed by atoms with Gasteiger partial charge in [-0.2, -0.15) is 5.10 Å². The number of carbonyl (C=O) groups excluding carboxylic acids is 3. The van der Waals surface area contributed by atoms with Gasteiger partial charge in [-0.05, 0) is 44.7 Å². The van der Waals surface area contributed by atoms with E-state index in [0.29, 0.717) is 5.52 Å². The summed E-state index contributed by atoms with van der Waals surface area (Å²) in [7, 11) is 1.23. The second-order valence-electron chi connectivity index (χ2n) is 7.18. The van der Waals surface area contributed by atoms with E-state index in [1.54, 1.807) is 45.2 Å². The van der Waals surface area contributed by atoms with E-state index in [-0.39, 0.29) is 10.1 Å². The number of carbonyl (C=O) groups is 3. The number of thioether (sulfide) groups is 1. The predicted octanol–water partition coefficient (Wildman–Crippen LogP) is 3.03. The summed E-state index contributed by atoms with van der Waals surface area (Å²) in [6.07, 6.45) is 3.77. The van der Waals surface area contributed by atoms with Gasteiger partial charge in [-0.15, -0.1) is 5.10 Å². The van der Waals surface area contributed by atoms with Gasteiger partial charge in [0.25, 0.3) is 5.91 Å². The Balaban J connectivity index is 1.80. The third-order valence-corrected chi connectivity index (χ3v) is 4.70. The summed E-state index contributed by atoms with van der Waals surface area (Å²) in [5.41, 5.74) is 0.805. The number of fused-ring (bicyclic) bond motifs is 1. The number of esters is 1. The van der Waals surface area contributed by atoms with Crippen LogP contribution >= 0.6 is 11.8 Å². The van der Waals surface area contributed by atoms with Crippen molar-refractivity contribution in [3.63, 3.8) is 0 Å². The maximum atomic E-state index is 12.4.